The summed E-state index contributed by atoms with van der Waals surface area (Å²) in [4.78, 5) is 42.4. The molecule has 0 saturated carbocycles. The van der Waals surface area contributed by atoms with Gasteiger partial charge in [0.25, 0.3) is 5.56 Å². The maximum absolute atomic E-state index is 11.9. The number of fused-ring (bicyclic) bond motifs is 1. The van der Waals surface area contributed by atoms with Gasteiger partial charge < -0.3 is 10.7 Å². The number of rotatable bonds is 4. The first-order valence-electron chi connectivity index (χ1n) is 6.21. The molecular formula is C13H15N5O3. The standard InChI is InChI=1S/C13H15N5O3/c1-18(7-11(19)17-13(14)21)6-10-15-9-5-3-2-4-8(9)12(20)16-10/h2-5H,6-7H2,1H3,(H,15,16,20)(H3,14,17,19,21). The molecule has 1 aromatic carbocycles. The van der Waals surface area contributed by atoms with Crippen LogP contribution in [0.15, 0.2) is 29.1 Å². The van der Waals surface area contributed by atoms with Crippen LogP contribution >= 0.6 is 0 Å². The molecule has 1 aromatic heterocycles. The van der Waals surface area contributed by atoms with E-state index in [2.05, 4.69) is 9.97 Å². The van der Waals surface area contributed by atoms with E-state index in [-0.39, 0.29) is 18.6 Å². The Kier molecular flexibility index (Phi) is 4.29. The number of urea groups is 1. The summed E-state index contributed by atoms with van der Waals surface area (Å²) in [5.41, 5.74) is 5.21. The van der Waals surface area contributed by atoms with Crippen LogP contribution in [0.25, 0.3) is 10.9 Å². The number of hydrogen-bond donors (Lipinski definition) is 3. The summed E-state index contributed by atoms with van der Waals surface area (Å²) in [6.45, 7) is 0.214. The third-order valence-electron chi connectivity index (χ3n) is 2.76. The highest BCUT2D eigenvalue weighted by molar-refractivity contribution is 5.94. The fraction of sp³-hybridized carbons (Fsp3) is 0.231. The average Bonchev–Trinajstić information content (AvgIpc) is 2.37. The lowest BCUT2D eigenvalue weighted by molar-refractivity contribution is -0.120. The second-order valence-corrected chi connectivity index (χ2v) is 4.61. The summed E-state index contributed by atoms with van der Waals surface area (Å²) in [6, 6.07) is 6.09. The molecule has 8 nitrogen and oxygen atoms in total. The van der Waals surface area contributed by atoms with Gasteiger partial charge in [-0.05, 0) is 19.2 Å². The number of aromatic nitrogens is 2. The van der Waals surface area contributed by atoms with Gasteiger partial charge in [0.05, 0.1) is 24.0 Å². The van der Waals surface area contributed by atoms with Gasteiger partial charge in [0.1, 0.15) is 5.82 Å². The first-order valence-corrected chi connectivity index (χ1v) is 6.21. The van der Waals surface area contributed by atoms with Crippen LogP contribution in [0.1, 0.15) is 5.82 Å². The van der Waals surface area contributed by atoms with Crippen LogP contribution in [0.5, 0.6) is 0 Å². The van der Waals surface area contributed by atoms with Crippen LogP contribution in [-0.4, -0.2) is 40.4 Å². The maximum atomic E-state index is 11.9. The minimum absolute atomic E-state index is 0.0422. The van der Waals surface area contributed by atoms with Crippen molar-refractivity contribution in [3.63, 3.8) is 0 Å². The van der Waals surface area contributed by atoms with Crippen molar-refractivity contribution >= 4 is 22.8 Å². The van der Waals surface area contributed by atoms with Crippen molar-refractivity contribution in [2.45, 2.75) is 6.54 Å². The van der Waals surface area contributed by atoms with Gasteiger partial charge in [0, 0.05) is 0 Å². The molecule has 4 N–H and O–H groups in total. The summed E-state index contributed by atoms with van der Waals surface area (Å²) < 4.78 is 0. The van der Waals surface area contributed by atoms with Crippen molar-refractivity contribution < 1.29 is 9.59 Å². The molecule has 0 unspecified atom stereocenters. The Labute approximate surface area is 120 Å². The number of amides is 3. The number of likely N-dealkylation sites (N-methyl/N-ethyl adjacent to an activating group) is 1. The molecule has 8 heteroatoms. The molecule has 3 amide bonds. The van der Waals surface area contributed by atoms with Gasteiger partial charge >= 0.3 is 6.03 Å². The van der Waals surface area contributed by atoms with E-state index in [1.807, 2.05) is 5.32 Å². The first-order chi connectivity index (χ1) is 9.95. The summed E-state index contributed by atoms with van der Waals surface area (Å²) in [5, 5.41) is 2.48. The molecule has 21 heavy (non-hydrogen) atoms. The van der Waals surface area contributed by atoms with Crippen molar-refractivity contribution in [1.29, 1.82) is 0 Å². The van der Waals surface area contributed by atoms with Gasteiger partial charge in [-0.1, -0.05) is 12.1 Å². The van der Waals surface area contributed by atoms with E-state index < -0.39 is 11.9 Å². The minimum atomic E-state index is -0.898. The van der Waals surface area contributed by atoms with Crippen LogP contribution in [0.4, 0.5) is 4.79 Å². The van der Waals surface area contributed by atoms with Crippen LogP contribution in [-0.2, 0) is 11.3 Å². The summed E-state index contributed by atoms with van der Waals surface area (Å²) in [6.07, 6.45) is 0. The van der Waals surface area contributed by atoms with Crippen molar-refractivity contribution in [1.82, 2.24) is 20.2 Å². The van der Waals surface area contributed by atoms with Gasteiger partial charge in [0.2, 0.25) is 5.91 Å². The second kappa shape index (κ2) is 6.14. The van der Waals surface area contributed by atoms with Crippen molar-refractivity contribution in [2.24, 2.45) is 5.73 Å². The molecule has 110 valence electrons. The zero-order chi connectivity index (χ0) is 15.4. The highest BCUT2D eigenvalue weighted by atomic mass is 16.2. The van der Waals surface area contributed by atoms with Crippen molar-refractivity contribution in [3.05, 3.63) is 40.4 Å². The Bertz CT molecular complexity index is 740. The Morgan fingerprint density at radius 2 is 2.10 bits per heavy atom. The molecule has 0 aliphatic carbocycles. The Morgan fingerprint density at radius 1 is 1.38 bits per heavy atom. The Balaban J connectivity index is 2.11. The topological polar surface area (TPSA) is 121 Å². The quantitative estimate of drug-likeness (QED) is 0.704. The lowest BCUT2D eigenvalue weighted by atomic mass is 10.2. The van der Waals surface area contributed by atoms with Crippen LogP contribution in [0.2, 0.25) is 0 Å². The SMILES string of the molecule is CN(CC(=O)NC(N)=O)Cc1nc2ccccc2c(=O)[nH]1. The molecule has 0 aliphatic rings. The van der Waals surface area contributed by atoms with Gasteiger partial charge in [-0.25, -0.2) is 9.78 Å². The number of nitrogens with two attached hydrogens (primary N) is 1. The molecule has 0 aliphatic heterocycles. The fourth-order valence-corrected chi connectivity index (χ4v) is 1.94. The predicted octanol–water partition coefficient (Wildman–Crippen LogP) is -0.450. The summed E-state index contributed by atoms with van der Waals surface area (Å²) in [7, 11) is 1.66. The normalized spacial score (nSPS) is 10.8. The van der Waals surface area contributed by atoms with Gasteiger partial charge in [-0.3, -0.25) is 19.8 Å². The molecule has 0 saturated heterocycles. The van der Waals surface area contributed by atoms with E-state index in [1.165, 1.54) is 0 Å². The molecule has 0 bridgehead atoms. The Morgan fingerprint density at radius 3 is 2.81 bits per heavy atom. The molecule has 0 radical (unpaired) electrons. The number of nitrogens with one attached hydrogen (secondary N) is 2. The number of carbonyl (C=O) groups is 2. The smallest absolute Gasteiger partial charge is 0.318 e. The lowest BCUT2D eigenvalue weighted by Gasteiger charge is -2.15. The molecule has 1 heterocycles. The van der Waals surface area contributed by atoms with E-state index in [4.69, 9.17) is 5.73 Å². The molecular weight excluding hydrogens is 274 g/mol. The van der Waals surface area contributed by atoms with E-state index >= 15 is 0 Å². The van der Waals surface area contributed by atoms with Crippen LogP contribution < -0.4 is 16.6 Å². The highest BCUT2D eigenvalue weighted by Gasteiger charge is 2.10. The average molecular weight is 289 g/mol. The number of imide groups is 1. The first kappa shape index (κ1) is 14.7. The zero-order valence-electron chi connectivity index (χ0n) is 11.4. The summed E-state index contributed by atoms with van der Waals surface area (Å²) >= 11 is 0. The number of aromatic amines is 1. The van der Waals surface area contributed by atoms with Gasteiger partial charge in [0.15, 0.2) is 0 Å². The van der Waals surface area contributed by atoms with Crippen LogP contribution in [0, 0.1) is 0 Å². The van der Waals surface area contributed by atoms with Crippen molar-refractivity contribution in [3.8, 4) is 0 Å². The Hall–Kier alpha value is -2.74. The minimum Gasteiger partial charge on any atom is -0.351 e. The number of nitrogens with zero attached hydrogens (tertiary/aromatic N) is 2. The molecule has 2 aromatic rings. The number of carbonyl (C=O) groups excluding carboxylic acids is 2. The number of hydrogen-bond acceptors (Lipinski definition) is 5. The number of primary amides is 1. The maximum Gasteiger partial charge on any atom is 0.318 e. The van der Waals surface area contributed by atoms with E-state index in [9.17, 15) is 14.4 Å². The van der Waals surface area contributed by atoms with Gasteiger partial charge in [-0.15, -0.1) is 0 Å². The largest absolute Gasteiger partial charge is 0.351 e. The molecule has 2 rings (SSSR count). The highest BCUT2D eigenvalue weighted by Crippen LogP contribution is 2.06. The number of para-hydroxylation sites is 1. The van der Waals surface area contributed by atoms with Crippen molar-refractivity contribution in [2.75, 3.05) is 13.6 Å². The van der Waals surface area contributed by atoms with E-state index in [1.54, 1.807) is 36.2 Å². The fourth-order valence-electron chi connectivity index (χ4n) is 1.94. The summed E-state index contributed by atoms with van der Waals surface area (Å²) in [5.74, 6) is -0.0822. The van der Waals surface area contributed by atoms with Crippen LogP contribution in [0.3, 0.4) is 0 Å². The van der Waals surface area contributed by atoms with Gasteiger partial charge in [-0.2, -0.15) is 0 Å². The molecule has 0 spiro atoms. The van der Waals surface area contributed by atoms with E-state index in [0.717, 1.165) is 0 Å². The monoisotopic (exact) mass is 289 g/mol. The number of benzene rings is 1. The third kappa shape index (κ3) is 3.86. The number of H-pyrrole nitrogens is 1. The zero-order valence-corrected chi connectivity index (χ0v) is 11.4. The lowest BCUT2D eigenvalue weighted by Crippen LogP contribution is -2.41. The second-order valence-electron chi connectivity index (χ2n) is 4.61. The predicted molar refractivity (Wildman–Crippen MR) is 76.4 cm³/mol. The molecule has 0 atom stereocenters. The molecule has 0 fully saturated rings. The third-order valence-corrected chi connectivity index (χ3v) is 2.76. The van der Waals surface area contributed by atoms with E-state index in [0.29, 0.717) is 16.7 Å².